The molecule has 6 aromatic rings. The van der Waals surface area contributed by atoms with Gasteiger partial charge in [-0.05, 0) is 76.1 Å². The minimum absolute atomic E-state index is 0.140. The van der Waals surface area contributed by atoms with E-state index in [1.807, 2.05) is 48.5 Å². The van der Waals surface area contributed by atoms with Crippen LogP contribution in [0.5, 0.6) is 0 Å². The van der Waals surface area contributed by atoms with Gasteiger partial charge in [-0.3, -0.25) is 9.69 Å². The number of para-hydroxylation sites is 2. The van der Waals surface area contributed by atoms with Gasteiger partial charge in [0.05, 0.1) is 22.7 Å². The molecule has 0 unspecified atom stereocenters. The zero-order valence-corrected chi connectivity index (χ0v) is 24.4. The van der Waals surface area contributed by atoms with E-state index in [-0.39, 0.29) is 18.0 Å². The second kappa shape index (κ2) is 11.7. The number of carboxylic acids is 1. The van der Waals surface area contributed by atoms with Gasteiger partial charge < -0.3 is 9.67 Å². The van der Waals surface area contributed by atoms with Gasteiger partial charge in [-0.25, -0.2) is 9.79 Å². The van der Waals surface area contributed by atoms with E-state index in [1.165, 1.54) is 28.1 Å². The number of carbonyl (C=O) groups excluding carboxylic acids is 1. The zero-order chi connectivity index (χ0) is 30.0. The summed E-state index contributed by atoms with van der Waals surface area (Å²) in [4.78, 5) is 32.3. The summed E-state index contributed by atoms with van der Waals surface area (Å²) in [5, 5.41) is 13.4. The summed E-state index contributed by atoms with van der Waals surface area (Å²) < 4.78 is 2.23. The van der Waals surface area contributed by atoms with E-state index in [0.29, 0.717) is 16.6 Å². The number of hydrogen-bond donors (Lipinski definition) is 1. The maximum atomic E-state index is 13.9. The Bertz CT molecular complexity index is 2100. The van der Waals surface area contributed by atoms with Crippen LogP contribution in [0.15, 0.2) is 137 Å². The Balaban J connectivity index is 1.24. The molecule has 0 atom stereocenters. The standard InChI is InChI=1S/C37H27N3O3S/c41-35-34(44-37(38-31-10-2-1-3-11-31)40(35)23-25-14-18-28(19-15-25)36(42)43)21-30-24-39(33-13-7-6-12-32(30)33)22-26-16-17-27-8-4-5-9-29(27)20-26/h1-21,24H,22-23H2,(H,42,43)/b34-21-,38-37?. The van der Waals surface area contributed by atoms with E-state index in [1.54, 1.807) is 29.2 Å². The lowest BCUT2D eigenvalue weighted by molar-refractivity contribution is -0.122. The molecule has 0 saturated carbocycles. The van der Waals surface area contributed by atoms with Gasteiger partial charge in [0.2, 0.25) is 0 Å². The molecule has 1 aromatic heterocycles. The predicted molar refractivity (Wildman–Crippen MR) is 178 cm³/mol. The molecule has 7 heteroatoms. The molecule has 0 radical (unpaired) electrons. The summed E-state index contributed by atoms with van der Waals surface area (Å²) in [6, 6.07) is 39.3. The molecular formula is C37H27N3O3S. The SMILES string of the molecule is O=C(O)c1ccc(CN2C(=O)/C(=C/c3cn(Cc4ccc5ccccc5c4)c4ccccc34)SC2=Nc2ccccc2)cc1. The van der Waals surface area contributed by atoms with E-state index in [9.17, 15) is 14.7 Å². The Kier molecular flexibility index (Phi) is 7.30. The number of carbonyl (C=O) groups is 2. The number of amides is 1. The molecule has 6 nitrogen and oxygen atoms in total. The van der Waals surface area contributed by atoms with Gasteiger partial charge in [0.1, 0.15) is 0 Å². The van der Waals surface area contributed by atoms with Crippen molar-refractivity contribution in [2.75, 3.05) is 0 Å². The van der Waals surface area contributed by atoms with Crippen molar-refractivity contribution in [3.63, 3.8) is 0 Å². The Hall–Kier alpha value is -5.40. The Morgan fingerprint density at radius 2 is 1.48 bits per heavy atom. The zero-order valence-electron chi connectivity index (χ0n) is 23.6. The highest BCUT2D eigenvalue weighted by atomic mass is 32.2. The lowest BCUT2D eigenvalue weighted by atomic mass is 10.1. The van der Waals surface area contributed by atoms with Crippen molar-refractivity contribution in [1.29, 1.82) is 0 Å². The summed E-state index contributed by atoms with van der Waals surface area (Å²) in [6.45, 7) is 0.979. The number of aromatic carboxylic acids is 1. The first kappa shape index (κ1) is 27.4. The molecule has 0 bridgehead atoms. The van der Waals surface area contributed by atoms with Crippen LogP contribution in [0, 0.1) is 0 Å². The number of fused-ring (bicyclic) bond motifs is 2. The predicted octanol–water partition coefficient (Wildman–Crippen LogP) is 8.35. The number of aliphatic imine (C=N–C) groups is 1. The van der Waals surface area contributed by atoms with Crippen LogP contribution < -0.4 is 0 Å². The maximum absolute atomic E-state index is 13.9. The Morgan fingerprint density at radius 1 is 0.773 bits per heavy atom. The Labute approximate surface area is 258 Å². The molecule has 7 rings (SSSR count). The largest absolute Gasteiger partial charge is 0.478 e. The van der Waals surface area contributed by atoms with Crippen molar-refractivity contribution in [2.45, 2.75) is 13.1 Å². The summed E-state index contributed by atoms with van der Waals surface area (Å²) in [7, 11) is 0. The molecule has 5 aromatic carbocycles. The molecule has 1 amide bonds. The fraction of sp³-hybridized carbons (Fsp3) is 0.0541. The molecule has 0 aliphatic carbocycles. The minimum atomic E-state index is -0.985. The molecular weight excluding hydrogens is 566 g/mol. The quantitative estimate of drug-likeness (QED) is 0.189. The average Bonchev–Trinajstić information content (AvgIpc) is 3.53. The van der Waals surface area contributed by atoms with Gasteiger partial charge in [-0.2, -0.15) is 0 Å². The first-order chi connectivity index (χ1) is 21.5. The summed E-state index contributed by atoms with van der Waals surface area (Å²) >= 11 is 1.35. The topological polar surface area (TPSA) is 74.9 Å². The number of nitrogens with zero attached hydrogens (tertiary/aromatic N) is 3. The van der Waals surface area contributed by atoms with E-state index in [4.69, 9.17) is 4.99 Å². The highest BCUT2D eigenvalue weighted by Gasteiger charge is 2.34. The number of benzene rings is 5. The number of amidine groups is 1. The third kappa shape index (κ3) is 5.53. The number of aromatic nitrogens is 1. The second-order valence-corrected chi connectivity index (χ2v) is 11.7. The Morgan fingerprint density at radius 3 is 2.27 bits per heavy atom. The molecule has 1 aliphatic rings. The van der Waals surface area contributed by atoms with Gasteiger partial charge in [-0.1, -0.05) is 84.9 Å². The lowest BCUT2D eigenvalue weighted by Gasteiger charge is -2.16. The van der Waals surface area contributed by atoms with E-state index in [2.05, 4.69) is 65.4 Å². The molecule has 214 valence electrons. The number of carboxylic acid groups (broad SMARTS) is 1. The minimum Gasteiger partial charge on any atom is -0.478 e. The molecule has 1 fully saturated rings. The van der Waals surface area contributed by atoms with E-state index < -0.39 is 5.97 Å². The molecule has 1 saturated heterocycles. The van der Waals surface area contributed by atoms with E-state index >= 15 is 0 Å². The smallest absolute Gasteiger partial charge is 0.335 e. The van der Waals surface area contributed by atoms with Crippen molar-refractivity contribution in [1.82, 2.24) is 9.47 Å². The third-order valence-electron chi connectivity index (χ3n) is 7.68. The van der Waals surface area contributed by atoms with Crippen molar-refractivity contribution in [3.05, 3.63) is 155 Å². The molecule has 2 heterocycles. The van der Waals surface area contributed by atoms with Gasteiger partial charge >= 0.3 is 5.97 Å². The van der Waals surface area contributed by atoms with Crippen LogP contribution in [-0.4, -0.2) is 31.6 Å². The van der Waals surface area contributed by atoms with Crippen LogP contribution in [0.25, 0.3) is 27.8 Å². The maximum Gasteiger partial charge on any atom is 0.335 e. The highest BCUT2D eigenvalue weighted by molar-refractivity contribution is 8.18. The van der Waals surface area contributed by atoms with Gasteiger partial charge in [0.15, 0.2) is 5.17 Å². The van der Waals surface area contributed by atoms with Crippen LogP contribution in [0.1, 0.15) is 27.0 Å². The fourth-order valence-corrected chi connectivity index (χ4v) is 6.46. The summed E-state index contributed by atoms with van der Waals surface area (Å²) in [5.74, 6) is -1.13. The van der Waals surface area contributed by atoms with Gasteiger partial charge in [0, 0.05) is 29.2 Å². The third-order valence-corrected chi connectivity index (χ3v) is 8.69. The number of hydrogen-bond acceptors (Lipinski definition) is 4. The molecule has 1 aliphatic heterocycles. The second-order valence-electron chi connectivity index (χ2n) is 10.6. The average molecular weight is 594 g/mol. The van der Waals surface area contributed by atoms with Crippen molar-refractivity contribution in [3.8, 4) is 0 Å². The highest BCUT2D eigenvalue weighted by Crippen LogP contribution is 2.37. The van der Waals surface area contributed by atoms with Crippen molar-refractivity contribution < 1.29 is 14.7 Å². The first-order valence-corrected chi connectivity index (χ1v) is 15.1. The molecule has 0 spiro atoms. The van der Waals surface area contributed by atoms with Gasteiger partial charge in [-0.15, -0.1) is 0 Å². The fourth-order valence-electron chi connectivity index (χ4n) is 5.48. The van der Waals surface area contributed by atoms with Crippen LogP contribution in [-0.2, 0) is 17.9 Å². The van der Waals surface area contributed by atoms with Crippen LogP contribution >= 0.6 is 11.8 Å². The lowest BCUT2D eigenvalue weighted by Crippen LogP contribution is -2.28. The van der Waals surface area contributed by atoms with E-state index in [0.717, 1.165) is 27.7 Å². The molecule has 44 heavy (non-hydrogen) atoms. The van der Waals surface area contributed by atoms with Crippen molar-refractivity contribution in [2.24, 2.45) is 4.99 Å². The summed E-state index contributed by atoms with van der Waals surface area (Å²) in [5.41, 5.74) is 5.03. The van der Waals surface area contributed by atoms with Crippen molar-refractivity contribution >= 4 is 62.2 Å². The molecule has 1 N–H and O–H groups in total. The number of rotatable bonds is 7. The van der Waals surface area contributed by atoms with Crippen LogP contribution in [0.2, 0.25) is 0 Å². The van der Waals surface area contributed by atoms with Crippen LogP contribution in [0.3, 0.4) is 0 Å². The normalized spacial score (nSPS) is 15.2. The summed E-state index contributed by atoms with van der Waals surface area (Å²) in [6.07, 6.45) is 4.07. The number of thioether (sulfide) groups is 1. The first-order valence-electron chi connectivity index (χ1n) is 14.2. The van der Waals surface area contributed by atoms with Gasteiger partial charge in [0.25, 0.3) is 5.91 Å². The van der Waals surface area contributed by atoms with Crippen LogP contribution in [0.4, 0.5) is 5.69 Å². The monoisotopic (exact) mass is 593 g/mol.